The van der Waals surface area contributed by atoms with Gasteiger partial charge in [-0.2, -0.15) is 0 Å². The topological polar surface area (TPSA) is 129 Å². The highest BCUT2D eigenvalue weighted by Gasteiger charge is 2.24. The highest BCUT2D eigenvalue weighted by Crippen LogP contribution is 2.47. The highest BCUT2D eigenvalue weighted by molar-refractivity contribution is 7.27. The first-order valence-electron chi connectivity index (χ1n) is 42.1. The molecule has 0 radical (unpaired) electrons. The zero-order valence-electron chi connectivity index (χ0n) is 68.1. The molecule has 0 unspecified atom stereocenters. The average Bonchev–Trinajstić information content (AvgIpc) is 1.65. The molecule has 0 fully saturated rings. The molecule has 10 nitrogen and oxygen atoms in total. The van der Waals surface area contributed by atoms with Gasteiger partial charge < -0.3 is 0 Å². The maximum atomic E-state index is 5.30. The summed E-state index contributed by atoms with van der Waals surface area (Å²) in [6.07, 6.45) is 9.48. The van der Waals surface area contributed by atoms with Gasteiger partial charge in [0.05, 0.1) is 64.5 Å². The van der Waals surface area contributed by atoms with Crippen LogP contribution in [0.3, 0.4) is 0 Å². The molecule has 594 valence electrons. The summed E-state index contributed by atoms with van der Waals surface area (Å²) >= 11 is 5.26. The molecular weight excluding hydrogens is 1610 g/mol. The van der Waals surface area contributed by atoms with E-state index in [1.54, 1.807) is 34.0 Å². The van der Waals surface area contributed by atoms with Gasteiger partial charge >= 0.3 is 0 Å². The second-order valence-corrected chi connectivity index (χ2v) is 34.5. The van der Waals surface area contributed by atoms with Crippen LogP contribution in [0, 0.1) is 0 Å². The Morgan fingerprint density at radius 2 is 0.543 bits per heavy atom. The smallest absolute Gasteiger partial charge is 0.160 e. The lowest BCUT2D eigenvalue weighted by molar-refractivity contribution is 1.24. The Bertz CT molecular complexity index is 8370. The van der Waals surface area contributed by atoms with Crippen LogP contribution in [0.15, 0.2) is 425 Å². The summed E-state index contributed by atoms with van der Waals surface area (Å²) in [4.78, 5) is 50.1. The molecule has 0 aliphatic rings. The van der Waals surface area contributed by atoms with Gasteiger partial charge in [0.1, 0.15) is 0 Å². The molecule has 0 bridgehead atoms. The predicted molar refractivity (Wildman–Crippen MR) is 531 cm³/mol. The number of hydrogen-bond donors (Lipinski definition) is 0. The number of aromatic nitrogens is 10. The van der Waals surface area contributed by atoms with Crippen molar-refractivity contribution in [3.63, 3.8) is 0 Å². The van der Waals surface area contributed by atoms with E-state index in [0.717, 1.165) is 180 Å². The summed E-state index contributed by atoms with van der Waals surface area (Å²) in [5, 5.41) is 10.6. The molecule has 10 heterocycles. The van der Waals surface area contributed by atoms with Gasteiger partial charge in [0.25, 0.3) is 0 Å². The van der Waals surface area contributed by atoms with Crippen LogP contribution in [-0.4, -0.2) is 49.8 Å². The van der Waals surface area contributed by atoms with Gasteiger partial charge in [0, 0.05) is 128 Å². The van der Waals surface area contributed by atoms with Gasteiger partial charge in [0.2, 0.25) is 0 Å². The minimum absolute atomic E-state index is 0.690. The van der Waals surface area contributed by atoms with E-state index in [0.29, 0.717) is 17.5 Å². The van der Waals surface area contributed by atoms with Crippen molar-refractivity contribution in [2.45, 2.75) is 0 Å². The van der Waals surface area contributed by atoms with Crippen molar-refractivity contribution in [1.82, 2.24) is 49.8 Å². The molecule has 0 atom stereocenters. The zero-order valence-corrected chi connectivity index (χ0v) is 70.6. The fourth-order valence-electron chi connectivity index (χ4n) is 17.2. The van der Waals surface area contributed by atoms with Gasteiger partial charge in [-0.3, -0.25) is 19.9 Å². The predicted octanol–water partition coefficient (Wildman–Crippen LogP) is 30.7. The van der Waals surface area contributed by atoms with Crippen LogP contribution < -0.4 is 0 Å². The maximum absolute atomic E-state index is 5.30. The first-order valence-corrected chi connectivity index (χ1v) is 44.5. The third kappa shape index (κ3) is 14.7. The van der Waals surface area contributed by atoms with Crippen LogP contribution in [0.5, 0.6) is 0 Å². The van der Waals surface area contributed by atoms with Crippen molar-refractivity contribution in [1.29, 1.82) is 0 Å². The van der Waals surface area contributed by atoms with Crippen LogP contribution in [0.2, 0.25) is 0 Å². The van der Waals surface area contributed by atoms with Crippen molar-refractivity contribution in [2.24, 2.45) is 0 Å². The molecule has 127 heavy (non-hydrogen) atoms. The molecule has 10 aromatic heterocycles. The number of thiophene rings is 3. The van der Waals surface area contributed by atoms with E-state index in [4.69, 9.17) is 39.9 Å². The molecule has 0 aliphatic heterocycles. The summed E-state index contributed by atoms with van der Waals surface area (Å²) in [6.45, 7) is 0. The first kappa shape index (κ1) is 75.8. The minimum Gasteiger partial charge on any atom is -0.264 e. The Morgan fingerprint density at radius 1 is 0.189 bits per heavy atom. The monoisotopic (exact) mass is 1670 g/mol. The highest BCUT2D eigenvalue weighted by atomic mass is 32.1. The molecule has 0 saturated carbocycles. The van der Waals surface area contributed by atoms with Crippen LogP contribution in [0.4, 0.5) is 0 Å². The number of para-hydroxylation sites is 2. The Kier molecular flexibility index (Phi) is 19.6. The first-order chi connectivity index (χ1) is 62.9. The van der Waals surface area contributed by atoms with Gasteiger partial charge in [-0.15, -0.1) is 34.0 Å². The molecule has 0 amide bonds. The van der Waals surface area contributed by atoms with Crippen molar-refractivity contribution >= 4 is 138 Å². The van der Waals surface area contributed by atoms with Gasteiger partial charge in [0.15, 0.2) is 17.5 Å². The Hall–Kier alpha value is -16.2. The number of rotatable bonds is 12. The number of hydrogen-bond acceptors (Lipinski definition) is 13. The van der Waals surface area contributed by atoms with E-state index in [9.17, 15) is 0 Å². The fourth-order valence-corrected chi connectivity index (χ4v) is 20.7. The van der Waals surface area contributed by atoms with E-state index >= 15 is 0 Å². The number of pyridine rings is 4. The molecule has 0 spiro atoms. The summed E-state index contributed by atoms with van der Waals surface area (Å²) in [5.41, 5.74) is 26.7. The summed E-state index contributed by atoms with van der Waals surface area (Å²) < 4.78 is 6.95. The SMILES string of the molecule is c1ccc(-c2cc(-c3ccccn3)cc(-c3nc(-c4ccccc4)c4sc5ccccc5c4n3)c2)cc1.c1ccc(-c2nc(-c3cc(-c4cccnc4)cc(-c4cc5ccccc5c5ccccc45)c3)nc3c2sc2ccccc23)cc1.c1ccc(-c2nc(-c3cc(-c4cnc5ccccc5c4)cc(-c4cnc5ccccc5c4)c3)nc3c2sc2ccccc23)cc1. The normalized spacial score (nSPS) is 11.5. The van der Waals surface area contributed by atoms with E-state index in [1.807, 2.05) is 104 Å². The standard InChI is InChI=1S/C41H25N3S.C40H24N4S.C33H21N3S/c1-2-11-26(12-3-1)38-40-39(35-18-8-9-19-37(35)45-40)44-41(43-38)31-22-29(28-14-10-20-42-25-28)21-30(23-31)36-24-27-13-4-5-15-32(27)33-16-6-7-17-34(33)36;1-2-10-25(11-3-1)37-39-38(33-14-6-9-17-36(33)45-39)44-40(43-37)30-21-28(31-18-26-12-4-7-15-34(26)41-23-31)20-29(22-30)32-19-27-13-5-8-16-35(27)42-24-32;1-3-11-22(12-4-1)24-19-25(28-16-9-10-18-34-28)21-26(20-24)33-35-30(23-13-5-2-6-14-23)32-31(36-33)27-15-7-8-17-29(27)37-32/h1-25H;1-24H;1-21H. The zero-order chi connectivity index (χ0) is 84.1. The lowest BCUT2D eigenvalue weighted by Gasteiger charge is -2.15. The lowest BCUT2D eigenvalue weighted by Crippen LogP contribution is -1.95. The number of nitrogens with zero attached hydrogens (tertiary/aromatic N) is 10. The second-order valence-electron chi connectivity index (χ2n) is 31.4. The molecule has 0 saturated heterocycles. The van der Waals surface area contributed by atoms with E-state index in [1.165, 1.54) is 41.2 Å². The van der Waals surface area contributed by atoms with E-state index < -0.39 is 0 Å². The van der Waals surface area contributed by atoms with Crippen LogP contribution in [-0.2, 0) is 0 Å². The Balaban J connectivity index is 0.000000110. The second kappa shape index (κ2) is 32.9. The molecule has 25 rings (SSSR count). The quantitative estimate of drug-likeness (QED) is 0.109. The van der Waals surface area contributed by atoms with Crippen molar-refractivity contribution in [3.8, 4) is 135 Å². The third-order valence-electron chi connectivity index (χ3n) is 23.4. The van der Waals surface area contributed by atoms with Crippen LogP contribution >= 0.6 is 34.0 Å². The minimum atomic E-state index is 0.690. The van der Waals surface area contributed by atoms with Crippen molar-refractivity contribution < 1.29 is 0 Å². The van der Waals surface area contributed by atoms with Crippen LogP contribution in [0.1, 0.15) is 0 Å². The molecule has 25 aromatic rings. The van der Waals surface area contributed by atoms with E-state index in [2.05, 4.69) is 331 Å². The van der Waals surface area contributed by atoms with E-state index in [-0.39, 0.29) is 0 Å². The number of benzene rings is 15. The fraction of sp³-hybridized carbons (Fsp3) is 0. The summed E-state index contributed by atoms with van der Waals surface area (Å²) in [5.74, 6) is 2.11. The third-order valence-corrected chi connectivity index (χ3v) is 26.9. The molecule has 0 aliphatic carbocycles. The molecule has 15 aromatic carbocycles. The molecular formula is C114H70N10S3. The van der Waals surface area contributed by atoms with Gasteiger partial charge in [-0.1, -0.05) is 273 Å². The number of fused-ring (bicyclic) bond motifs is 14. The Labute approximate surface area is 742 Å². The maximum Gasteiger partial charge on any atom is 0.160 e. The van der Waals surface area contributed by atoms with Gasteiger partial charge in [-0.05, 0) is 182 Å². The summed E-state index contributed by atoms with van der Waals surface area (Å²) in [6, 6.07) is 138. The van der Waals surface area contributed by atoms with Gasteiger partial charge in [-0.25, -0.2) is 29.9 Å². The van der Waals surface area contributed by atoms with Crippen LogP contribution in [0.25, 0.3) is 239 Å². The summed E-state index contributed by atoms with van der Waals surface area (Å²) in [7, 11) is 0. The van der Waals surface area contributed by atoms with Crippen molar-refractivity contribution in [2.75, 3.05) is 0 Å². The lowest BCUT2D eigenvalue weighted by atomic mass is 9.90. The largest absolute Gasteiger partial charge is 0.264 e. The van der Waals surface area contributed by atoms with Crippen molar-refractivity contribution in [3.05, 3.63) is 425 Å². The average molecular weight is 1680 g/mol. The Morgan fingerprint density at radius 3 is 1.01 bits per heavy atom. The molecule has 13 heteroatoms. The molecule has 0 N–H and O–H groups in total.